The van der Waals surface area contributed by atoms with Gasteiger partial charge in [0, 0.05) is 31.9 Å². The summed E-state index contributed by atoms with van der Waals surface area (Å²) in [4.78, 5) is 26.0. The predicted octanol–water partition coefficient (Wildman–Crippen LogP) is 0.325. The number of nitro groups is 1. The molecule has 1 aliphatic heterocycles. The number of hydroxylamine groups is 1. The van der Waals surface area contributed by atoms with E-state index >= 15 is 0 Å². The zero-order valence-electron chi connectivity index (χ0n) is 14.8. The third-order valence-electron chi connectivity index (χ3n) is 3.90. The second kappa shape index (κ2) is 9.75. The highest BCUT2D eigenvalue weighted by Gasteiger charge is 2.31. The van der Waals surface area contributed by atoms with Gasteiger partial charge in [0.15, 0.2) is 0 Å². The molecule has 1 aromatic rings. The third kappa shape index (κ3) is 6.10. The summed E-state index contributed by atoms with van der Waals surface area (Å²) < 4.78 is 31.6. The first kappa shape index (κ1) is 22.0. The minimum atomic E-state index is -4.26. The van der Waals surface area contributed by atoms with E-state index in [0.29, 0.717) is 30.5 Å². The third-order valence-corrected chi connectivity index (χ3v) is 5.54. The Morgan fingerprint density at radius 2 is 1.96 bits per heavy atom. The Hall–Kier alpha value is -2.32. The van der Waals surface area contributed by atoms with E-state index in [4.69, 9.17) is 14.7 Å². The predicted molar refractivity (Wildman–Crippen MR) is 93.9 cm³/mol. The molecule has 0 spiro atoms. The molecule has 1 amide bonds. The fraction of sp³-hybridized carbons (Fsp3) is 0.533. The van der Waals surface area contributed by atoms with Gasteiger partial charge in [-0.2, -0.15) is 0 Å². The van der Waals surface area contributed by atoms with Crippen LogP contribution in [0.3, 0.4) is 0 Å². The largest absolute Gasteiger partial charge is 0.465 e. The summed E-state index contributed by atoms with van der Waals surface area (Å²) in [5, 5.41) is 31.3. The molecule has 0 radical (unpaired) electrons. The topological polar surface area (TPSA) is 169 Å². The van der Waals surface area contributed by atoms with Crippen LogP contribution in [-0.4, -0.2) is 72.6 Å². The lowest BCUT2D eigenvalue weighted by Crippen LogP contribution is -2.44. The number of aliphatic hydroxyl groups excluding tert-OH is 1. The molecule has 3 N–H and O–H groups in total. The SMILES string of the molecule is O=C(O)NCC(O)CN(OC1CCOCC1)S(=O)(=O)c1ccc([N+](=O)[O-])cc1. The van der Waals surface area contributed by atoms with Crippen molar-refractivity contribution in [2.75, 3.05) is 26.3 Å². The number of sulfonamides is 1. The van der Waals surface area contributed by atoms with Gasteiger partial charge in [0.05, 0.1) is 28.6 Å². The van der Waals surface area contributed by atoms with E-state index in [0.717, 1.165) is 24.3 Å². The summed E-state index contributed by atoms with van der Waals surface area (Å²) >= 11 is 0. The fourth-order valence-corrected chi connectivity index (χ4v) is 3.76. The van der Waals surface area contributed by atoms with Crippen molar-refractivity contribution in [1.29, 1.82) is 0 Å². The maximum Gasteiger partial charge on any atom is 0.404 e. The number of carbonyl (C=O) groups is 1. The van der Waals surface area contributed by atoms with E-state index in [1.54, 1.807) is 0 Å². The molecule has 0 aliphatic carbocycles. The number of nitro benzene ring substituents is 1. The molecule has 1 aliphatic rings. The zero-order chi connectivity index (χ0) is 20.7. The summed E-state index contributed by atoms with van der Waals surface area (Å²) in [6, 6.07) is 4.22. The van der Waals surface area contributed by atoms with Crippen molar-refractivity contribution in [3.05, 3.63) is 34.4 Å². The van der Waals surface area contributed by atoms with Crippen LogP contribution in [0.2, 0.25) is 0 Å². The number of nitrogens with one attached hydrogen (secondary N) is 1. The van der Waals surface area contributed by atoms with E-state index in [9.17, 15) is 28.4 Å². The highest BCUT2D eigenvalue weighted by atomic mass is 32.2. The Kier molecular flexibility index (Phi) is 7.65. The van der Waals surface area contributed by atoms with Gasteiger partial charge in [0.25, 0.3) is 15.7 Å². The van der Waals surface area contributed by atoms with Crippen LogP contribution in [0, 0.1) is 10.1 Å². The van der Waals surface area contributed by atoms with Crippen molar-refractivity contribution in [1.82, 2.24) is 9.79 Å². The molecule has 1 saturated heterocycles. The van der Waals surface area contributed by atoms with E-state index in [1.165, 1.54) is 0 Å². The van der Waals surface area contributed by atoms with Crippen molar-refractivity contribution in [3.63, 3.8) is 0 Å². The average molecular weight is 419 g/mol. The lowest BCUT2D eigenvalue weighted by molar-refractivity contribution is -0.384. The van der Waals surface area contributed by atoms with Crippen LogP contribution in [0.4, 0.5) is 10.5 Å². The Morgan fingerprint density at radius 1 is 1.36 bits per heavy atom. The van der Waals surface area contributed by atoms with Crippen LogP contribution < -0.4 is 5.32 Å². The number of hydrogen-bond acceptors (Lipinski definition) is 8. The number of hydrogen-bond donors (Lipinski definition) is 3. The Morgan fingerprint density at radius 3 is 2.50 bits per heavy atom. The molecule has 1 aromatic carbocycles. The Bertz CT molecular complexity index is 778. The highest BCUT2D eigenvalue weighted by molar-refractivity contribution is 7.89. The van der Waals surface area contributed by atoms with Crippen LogP contribution in [0.1, 0.15) is 12.8 Å². The highest BCUT2D eigenvalue weighted by Crippen LogP contribution is 2.23. The monoisotopic (exact) mass is 419 g/mol. The second-order valence-electron chi connectivity index (χ2n) is 6.00. The summed E-state index contributed by atoms with van der Waals surface area (Å²) in [5.74, 6) is 0. The van der Waals surface area contributed by atoms with Gasteiger partial charge in [0.1, 0.15) is 0 Å². The summed E-state index contributed by atoms with van der Waals surface area (Å²) in [6.45, 7) is -0.159. The Labute approximate surface area is 160 Å². The molecular formula is C15H21N3O9S. The lowest BCUT2D eigenvalue weighted by Gasteiger charge is -2.30. The second-order valence-corrected chi connectivity index (χ2v) is 7.83. The van der Waals surface area contributed by atoms with Crippen molar-refractivity contribution < 1.29 is 37.9 Å². The van der Waals surface area contributed by atoms with E-state index in [1.807, 2.05) is 5.32 Å². The van der Waals surface area contributed by atoms with Gasteiger partial charge < -0.3 is 20.3 Å². The minimum Gasteiger partial charge on any atom is -0.465 e. The van der Waals surface area contributed by atoms with Gasteiger partial charge in [-0.1, -0.05) is 4.47 Å². The van der Waals surface area contributed by atoms with Gasteiger partial charge in [-0.25, -0.2) is 13.2 Å². The molecule has 0 bridgehead atoms. The summed E-state index contributed by atoms with van der Waals surface area (Å²) in [7, 11) is -4.26. The van der Waals surface area contributed by atoms with E-state index in [2.05, 4.69) is 0 Å². The van der Waals surface area contributed by atoms with E-state index < -0.39 is 46.3 Å². The number of aliphatic hydroxyl groups is 1. The van der Waals surface area contributed by atoms with Crippen LogP contribution in [-0.2, 0) is 19.6 Å². The maximum absolute atomic E-state index is 12.9. The lowest BCUT2D eigenvalue weighted by atomic mass is 10.2. The molecule has 0 aromatic heterocycles. The van der Waals surface area contributed by atoms with Crippen LogP contribution >= 0.6 is 0 Å². The number of rotatable bonds is 9. The van der Waals surface area contributed by atoms with Gasteiger partial charge in [-0.3, -0.25) is 15.0 Å². The van der Waals surface area contributed by atoms with Crippen molar-refractivity contribution in [2.24, 2.45) is 0 Å². The number of amides is 1. The first-order chi connectivity index (χ1) is 13.2. The van der Waals surface area contributed by atoms with Crippen molar-refractivity contribution in [3.8, 4) is 0 Å². The normalized spacial score (nSPS) is 16.6. The Balaban J connectivity index is 2.21. The van der Waals surface area contributed by atoms with Crippen molar-refractivity contribution >= 4 is 21.8 Å². The molecule has 2 rings (SSSR count). The van der Waals surface area contributed by atoms with E-state index in [-0.39, 0.29) is 10.6 Å². The molecule has 1 heterocycles. The standard InChI is InChI=1S/C15H21N3O9S/c19-12(9-16-15(20)21)10-17(27-13-5-7-26-8-6-13)28(24,25)14-3-1-11(2-4-14)18(22)23/h1-4,12-13,16,19H,5-10H2,(H,20,21). The number of ether oxygens (including phenoxy) is 1. The number of benzene rings is 1. The molecule has 1 atom stereocenters. The van der Waals surface area contributed by atoms with Crippen molar-refractivity contribution in [2.45, 2.75) is 29.9 Å². The van der Waals surface area contributed by atoms with Crippen LogP contribution in [0.15, 0.2) is 29.2 Å². The fourth-order valence-electron chi connectivity index (χ4n) is 2.44. The van der Waals surface area contributed by atoms with Crippen LogP contribution in [0.5, 0.6) is 0 Å². The minimum absolute atomic E-state index is 0.261. The van der Waals surface area contributed by atoms with Gasteiger partial charge in [0.2, 0.25) is 0 Å². The quantitative estimate of drug-likeness (QED) is 0.377. The van der Waals surface area contributed by atoms with Gasteiger partial charge in [-0.15, -0.1) is 0 Å². The molecule has 0 saturated carbocycles. The molecule has 12 nitrogen and oxygen atoms in total. The molecule has 28 heavy (non-hydrogen) atoms. The molecule has 13 heteroatoms. The summed E-state index contributed by atoms with van der Waals surface area (Å²) in [5.41, 5.74) is -0.276. The smallest absolute Gasteiger partial charge is 0.404 e. The molecule has 1 unspecified atom stereocenters. The first-order valence-corrected chi connectivity index (χ1v) is 9.80. The first-order valence-electron chi connectivity index (χ1n) is 8.36. The summed E-state index contributed by atoms with van der Waals surface area (Å²) in [6.07, 6.45) is -2.33. The molecule has 156 valence electrons. The van der Waals surface area contributed by atoms with Gasteiger partial charge in [-0.05, 0) is 25.0 Å². The number of non-ortho nitro benzene ring substituents is 1. The number of carboxylic acid groups (broad SMARTS) is 1. The van der Waals surface area contributed by atoms with Gasteiger partial charge >= 0.3 is 6.09 Å². The molecule has 1 fully saturated rings. The number of nitrogens with zero attached hydrogens (tertiary/aromatic N) is 2. The zero-order valence-corrected chi connectivity index (χ0v) is 15.6. The average Bonchev–Trinajstić information content (AvgIpc) is 2.66. The van der Waals surface area contributed by atoms with Crippen LogP contribution in [0.25, 0.3) is 0 Å². The maximum atomic E-state index is 12.9. The molecular weight excluding hydrogens is 398 g/mol.